The summed E-state index contributed by atoms with van der Waals surface area (Å²) in [4.78, 5) is 0. The van der Waals surface area contributed by atoms with Gasteiger partial charge in [0, 0.05) is 19.7 Å². The number of methoxy groups -OCH3 is 1. The van der Waals surface area contributed by atoms with E-state index < -0.39 is 11.6 Å². The monoisotopic (exact) mass is 283 g/mol. The average molecular weight is 283 g/mol. The Morgan fingerprint density at radius 2 is 2.00 bits per heavy atom. The molecule has 0 bridgehead atoms. The Kier molecular flexibility index (Phi) is 4.70. The van der Waals surface area contributed by atoms with Gasteiger partial charge in [-0.2, -0.15) is 4.68 Å². The molecule has 2 rings (SSSR count). The van der Waals surface area contributed by atoms with Crippen LogP contribution >= 0.6 is 0 Å². The van der Waals surface area contributed by atoms with E-state index in [1.165, 1.54) is 16.8 Å². The standard InChI is InChI=1S/C12H15F2N5O/c1-8(15-3-4-20-2)12-16-17-18-19(12)11-6-9(13)5-10(14)7-11/h5-8,15H,3-4H2,1-2H3. The van der Waals surface area contributed by atoms with Crippen molar-refractivity contribution in [1.29, 1.82) is 0 Å². The second-order valence-electron chi connectivity index (χ2n) is 4.25. The summed E-state index contributed by atoms with van der Waals surface area (Å²) in [6.45, 7) is 3.01. The molecule has 0 saturated carbocycles. The van der Waals surface area contributed by atoms with Crippen LogP contribution in [0.15, 0.2) is 18.2 Å². The Balaban J connectivity index is 2.23. The van der Waals surface area contributed by atoms with E-state index in [4.69, 9.17) is 4.74 Å². The van der Waals surface area contributed by atoms with Gasteiger partial charge in [0.15, 0.2) is 5.82 Å². The Morgan fingerprint density at radius 3 is 2.65 bits per heavy atom. The number of aromatic nitrogens is 4. The molecule has 108 valence electrons. The van der Waals surface area contributed by atoms with E-state index >= 15 is 0 Å². The van der Waals surface area contributed by atoms with Crippen molar-refractivity contribution in [2.24, 2.45) is 0 Å². The summed E-state index contributed by atoms with van der Waals surface area (Å²) in [5.41, 5.74) is 0.239. The summed E-state index contributed by atoms with van der Waals surface area (Å²) in [7, 11) is 1.60. The quantitative estimate of drug-likeness (QED) is 0.808. The first-order valence-electron chi connectivity index (χ1n) is 6.09. The van der Waals surface area contributed by atoms with Gasteiger partial charge >= 0.3 is 0 Å². The van der Waals surface area contributed by atoms with Crippen molar-refractivity contribution in [2.45, 2.75) is 13.0 Å². The van der Waals surface area contributed by atoms with E-state index in [1.54, 1.807) is 7.11 Å². The van der Waals surface area contributed by atoms with Crippen molar-refractivity contribution in [2.75, 3.05) is 20.3 Å². The lowest BCUT2D eigenvalue weighted by Crippen LogP contribution is -2.25. The van der Waals surface area contributed by atoms with E-state index in [2.05, 4.69) is 20.8 Å². The number of ether oxygens (including phenoxy) is 1. The molecule has 0 radical (unpaired) electrons. The number of tetrazole rings is 1. The lowest BCUT2D eigenvalue weighted by atomic mass is 10.2. The van der Waals surface area contributed by atoms with E-state index in [0.717, 1.165) is 6.07 Å². The minimum Gasteiger partial charge on any atom is -0.383 e. The molecule has 0 aliphatic heterocycles. The smallest absolute Gasteiger partial charge is 0.173 e. The van der Waals surface area contributed by atoms with Gasteiger partial charge in [-0.15, -0.1) is 5.10 Å². The van der Waals surface area contributed by atoms with Crippen molar-refractivity contribution >= 4 is 0 Å². The zero-order valence-electron chi connectivity index (χ0n) is 11.2. The molecule has 1 N–H and O–H groups in total. The molecular weight excluding hydrogens is 268 g/mol. The first kappa shape index (κ1) is 14.5. The van der Waals surface area contributed by atoms with E-state index in [9.17, 15) is 8.78 Å². The molecule has 1 heterocycles. The maximum atomic E-state index is 13.2. The number of nitrogens with zero attached hydrogens (tertiary/aromatic N) is 4. The Bertz CT molecular complexity index is 554. The highest BCUT2D eigenvalue weighted by molar-refractivity contribution is 5.32. The van der Waals surface area contributed by atoms with Crippen LogP contribution < -0.4 is 5.32 Å². The van der Waals surface area contributed by atoms with Gasteiger partial charge in [-0.25, -0.2) is 8.78 Å². The van der Waals surface area contributed by atoms with Crippen LogP contribution in [0.1, 0.15) is 18.8 Å². The SMILES string of the molecule is COCCNC(C)c1nnnn1-c1cc(F)cc(F)c1. The van der Waals surface area contributed by atoms with Crippen LogP contribution in [-0.2, 0) is 4.74 Å². The van der Waals surface area contributed by atoms with Crippen molar-refractivity contribution in [1.82, 2.24) is 25.5 Å². The van der Waals surface area contributed by atoms with Gasteiger partial charge < -0.3 is 10.1 Å². The summed E-state index contributed by atoms with van der Waals surface area (Å²) in [5.74, 6) is -0.894. The third-order valence-electron chi connectivity index (χ3n) is 2.73. The van der Waals surface area contributed by atoms with Crippen LogP contribution in [0, 0.1) is 11.6 Å². The van der Waals surface area contributed by atoms with E-state index in [-0.39, 0.29) is 11.7 Å². The maximum Gasteiger partial charge on any atom is 0.173 e. The van der Waals surface area contributed by atoms with Crippen molar-refractivity contribution in [3.05, 3.63) is 35.7 Å². The highest BCUT2D eigenvalue weighted by atomic mass is 19.1. The predicted molar refractivity (Wildman–Crippen MR) is 67.4 cm³/mol. The molecule has 1 atom stereocenters. The predicted octanol–water partition coefficient (Wildman–Crippen LogP) is 1.24. The molecule has 1 aromatic heterocycles. The topological polar surface area (TPSA) is 64.9 Å². The van der Waals surface area contributed by atoms with Gasteiger partial charge in [-0.1, -0.05) is 0 Å². The molecule has 0 fully saturated rings. The molecular formula is C12H15F2N5O. The fraction of sp³-hybridized carbons (Fsp3) is 0.417. The third-order valence-corrected chi connectivity index (χ3v) is 2.73. The minimum atomic E-state index is -0.679. The van der Waals surface area contributed by atoms with Crippen LogP contribution in [-0.4, -0.2) is 40.5 Å². The van der Waals surface area contributed by atoms with Crippen molar-refractivity contribution < 1.29 is 13.5 Å². The molecule has 2 aromatic rings. The first-order chi connectivity index (χ1) is 9.61. The number of hydrogen-bond donors (Lipinski definition) is 1. The van der Waals surface area contributed by atoms with Gasteiger partial charge in [0.1, 0.15) is 11.6 Å². The van der Waals surface area contributed by atoms with Crippen LogP contribution in [0.4, 0.5) is 8.78 Å². The minimum absolute atomic E-state index is 0.188. The zero-order chi connectivity index (χ0) is 14.5. The van der Waals surface area contributed by atoms with Crippen LogP contribution in [0.5, 0.6) is 0 Å². The number of nitrogens with one attached hydrogen (secondary N) is 1. The van der Waals surface area contributed by atoms with Crippen molar-refractivity contribution in [3.8, 4) is 5.69 Å². The summed E-state index contributed by atoms with van der Waals surface area (Å²) in [5, 5.41) is 14.4. The molecule has 0 aliphatic carbocycles. The van der Waals surface area contributed by atoms with E-state index in [1.807, 2.05) is 6.92 Å². The molecule has 0 aliphatic rings. The number of benzene rings is 1. The summed E-state index contributed by atoms with van der Waals surface area (Å²) in [6, 6.07) is 2.95. The Hall–Kier alpha value is -1.93. The summed E-state index contributed by atoms with van der Waals surface area (Å²) < 4.78 is 32.7. The summed E-state index contributed by atoms with van der Waals surface area (Å²) in [6.07, 6.45) is 0. The van der Waals surface area contributed by atoms with Crippen LogP contribution in [0.2, 0.25) is 0 Å². The highest BCUT2D eigenvalue weighted by Gasteiger charge is 2.16. The Labute approximate surface area is 114 Å². The fourth-order valence-corrected chi connectivity index (χ4v) is 1.78. The maximum absolute atomic E-state index is 13.2. The van der Waals surface area contributed by atoms with Gasteiger partial charge in [0.2, 0.25) is 0 Å². The van der Waals surface area contributed by atoms with Gasteiger partial charge in [0.05, 0.1) is 18.3 Å². The second-order valence-corrected chi connectivity index (χ2v) is 4.25. The van der Waals surface area contributed by atoms with Crippen molar-refractivity contribution in [3.63, 3.8) is 0 Å². The van der Waals surface area contributed by atoms with Crippen LogP contribution in [0.25, 0.3) is 5.69 Å². The highest BCUT2D eigenvalue weighted by Crippen LogP contribution is 2.16. The first-order valence-corrected chi connectivity index (χ1v) is 6.09. The molecule has 1 aromatic carbocycles. The van der Waals surface area contributed by atoms with E-state index in [0.29, 0.717) is 19.0 Å². The van der Waals surface area contributed by atoms with Gasteiger partial charge in [0.25, 0.3) is 0 Å². The fourth-order valence-electron chi connectivity index (χ4n) is 1.78. The summed E-state index contributed by atoms with van der Waals surface area (Å²) >= 11 is 0. The molecule has 0 amide bonds. The largest absolute Gasteiger partial charge is 0.383 e. The van der Waals surface area contributed by atoms with Gasteiger partial charge in [-0.05, 0) is 29.5 Å². The number of rotatable bonds is 6. The Morgan fingerprint density at radius 1 is 1.30 bits per heavy atom. The second kappa shape index (κ2) is 6.49. The van der Waals surface area contributed by atoms with Gasteiger partial charge in [-0.3, -0.25) is 0 Å². The normalized spacial score (nSPS) is 12.6. The number of halogens is 2. The third kappa shape index (κ3) is 3.34. The molecule has 20 heavy (non-hydrogen) atoms. The molecule has 1 unspecified atom stereocenters. The molecule has 8 heteroatoms. The zero-order valence-corrected chi connectivity index (χ0v) is 11.2. The molecule has 6 nitrogen and oxygen atoms in total. The molecule has 0 spiro atoms. The number of hydrogen-bond acceptors (Lipinski definition) is 5. The lowest BCUT2D eigenvalue weighted by Gasteiger charge is -2.13. The van der Waals surface area contributed by atoms with Crippen LogP contribution in [0.3, 0.4) is 0 Å². The molecule has 0 saturated heterocycles. The average Bonchev–Trinajstić information content (AvgIpc) is 2.87. The lowest BCUT2D eigenvalue weighted by molar-refractivity contribution is 0.196.